The van der Waals surface area contributed by atoms with E-state index in [0.29, 0.717) is 5.41 Å². The van der Waals surface area contributed by atoms with Gasteiger partial charge in [0.25, 0.3) is 0 Å². The minimum Gasteiger partial charge on any atom is -0.316 e. The Balaban J connectivity index is 1.92. The zero-order valence-electron chi connectivity index (χ0n) is 11.7. The van der Waals surface area contributed by atoms with Crippen molar-refractivity contribution in [3.8, 4) is 0 Å². The Bertz CT molecular complexity index is 356. The third kappa shape index (κ3) is 3.09. The summed E-state index contributed by atoms with van der Waals surface area (Å²) < 4.78 is 0. The molecule has 1 N–H and O–H groups in total. The van der Waals surface area contributed by atoms with Crippen molar-refractivity contribution < 1.29 is 0 Å². The van der Waals surface area contributed by atoms with Gasteiger partial charge in [0.1, 0.15) is 10.0 Å². The van der Waals surface area contributed by atoms with Crippen molar-refractivity contribution >= 4 is 11.3 Å². The van der Waals surface area contributed by atoms with Gasteiger partial charge in [-0.25, -0.2) is 0 Å². The molecule has 1 aromatic rings. The molecule has 18 heavy (non-hydrogen) atoms. The molecule has 0 saturated heterocycles. The Hall–Kier alpha value is -0.480. The first-order valence-corrected chi connectivity index (χ1v) is 8.16. The lowest BCUT2D eigenvalue weighted by Gasteiger charge is -2.23. The zero-order valence-corrected chi connectivity index (χ0v) is 12.5. The number of rotatable bonds is 7. The van der Waals surface area contributed by atoms with Crippen molar-refractivity contribution in [2.75, 3.05) is 13.1 Å². The molecule has 4 heteroatoms. The van der Waals surface area contributed by atoms with E-state index in [4.69, 9.17) is 0 Å². The molecule has 1 aliphatic rings. The topological polar surface area (TPSA) is 37.8 Å². The molecule has 1 heterocycles. The first-order chi connectivity index (χ1) is 8.80. The predicted octanol–water partition coefficient (Wildman–Crippen LogP) is 3.30. The third-order valence-corrected chi connectivity index (χ3v) is 5.33. The molecule has 0 spiro atoms. The van der Waals surface area contributed by atoms with Crippen molar-refractivity contribution in [1.82, 2.24) is 15.5 Å². The molecule has 0 amide bonds. The first kappa shape index (κ1) is 13.9. The number of hydrogen-bond donors (Lipinski definition) is 1. The van der Waals surface area contributed by atoms with E-state index in [0.717, 1.165) is 19.5 Å². The van der Waals surface area contributed by atoms with Gasteiger partial charge in [-0.05, 0) is 32.2 Å². The van der Waals surface area contributed by atoms with Crippen LogP contribution in [0.25, 0.3) is 0 Å². The normalized spacial score (nSPS) is 18.3. The van der Waals surface area contributed by atoms with Crippen LogP contribution in [0.4, 0.5) is 0 Å². The van der Waals surface area contributed by atoms with Crippen LogP contribution in [-0.4, -0.2) is 23.3 Å². The van der Waals surface area contributed by atoms with Crippen molar-refractivity contribution in [2.45, 2.75) is 64.2 Å². The summed E-state index contributed by atoms with van der Waals surface area (Å²) in [6.45, 7) is 6.63. The van der Waals surface area contributed by atoms with Gasteiger partial charge in [0.15, 0.2) is 0 Å². The van der Waals surface area contributed by atoms with Gasteiger partial charge in [-0.1, -0.05) is 26.7 Å². The predicted molar refractivity (Wildman–Crippen MR) is 77.2 cm³/mol. The second kappa shape index (κ2) is 6.62. The van der Waals surface area contributed by atoms with Gasteiger partial charge in [0.2, 0.25) is 0 Å². The molecule has 2 rings (SSSR count). The summed E-state index contributed by atoms with van der Waals surface area (Å²) in [5.41, 5.74) is 0.368. The summed E-state index contributed by atoms with van der Waals surface area (Å²) in [4.78, 5) is 0. The second-order valence-electron chi connectivity index (χ2n) is 5.34. The van der Waals surface area contributed by atoms with Crippen LogP contribution in [0.3, 0.4) is 0 Å². The van der Waals surface area contributed by atoms with Gasteiger partial charge < -0.3 is 5.32 Å². The van der Waals surface area contributed by atoms with Crippen LogP contribution in [0.15, 0.2) is 0 Å². The number of aromatic nitrogens is 2. The van der Waals surface area contributed by atoms with Gasteiger partial charge in [0.05, 0.1) is 0 Å². The number of nitrogens with one attached hydrogen (secondary N) is 1. The van der Waals surface area contributed by atoms with Crippen LogP contribution >= 0.6 is 11.3 Å². The molecule has 0 unspecified atom stereocenters. The standard InChI is InChI=1S/C14H25N3S/c1-3-10-15-11-7-12-16-17-13(18-12)14(4-2)8-5-6-9-14/h15H,3-11H2,1-2H3. The summed E-state index contributed by atoms with van der Waals surface area (Å²) in [7, 11) is 0. The van der Waals surface area contributed by atoms with Gasteiger partial charge in [-0.2, -0.15) is 0 Å². The minimum absolute atomic E-state index is 0.368. The summed E-state index contributed by atoms with van der Waals surface area (Å²) in [5, 5.41) is 14.8. The van der Waals surface area contributed by atoms with Crippen molar-refractivity contribution in [3.63, 3.8) is 0 Å². The molecule has 0 aromatic carbocycles. The molecule has 0 bridgehead atoms. The summed E-state index contributed by atoms with van der Waals surface area (Å²) in [5.74, 6) is 0. The highest BCUT2D eigenvalue weighted by Gasteiger charge is 2.36. The fourth-order valence-electron chi connectivity index (χ4n) is 2.84. The van der Waals surface area contributed by atoms with Crippen LogP contribution in [0, 0.1) is 0 Å². The second-order valence-corrected chi connectivity index (χ2v) is 6.40. The monoisotopic (exact) mass is 267 g/mol. The van der Waals surface area contributed by atoms with E-state index in [1.54, 1.807) is 0 Å². The van der Waals surface area contributed by atoms with E-state index < -0.39 is 0 Å². The van der Waals surface area contributed by atoms with Crippen LogP contribution in [0.1, 0.15) is 62.4 Å². The fraction of sp³-hybridized carbons (Fsp3) is 0.857. The van der Waals surface area contributed by atoms with Gasteiger partial charge in [0, 0.05) is 18.4 Å². The lowest BCUT2D eigenvalue weighted by atomic mass is 9.84. The molecular formula is C14H25N3S. The molecule has 1 fully saturated rings. The summed E-state index contributed by atoms with van der Waals surface area (Å²) in [6, 6.07) is 0. The average molecular weight is 267 g/mol. The highest BCUT2D eigenvalue weighted by molar-refractivity contribution is 7.11. The lowest BCUT2D eigenvalue weighted by molar-refractivity contribution is 0.419. The van der Waals surface area contributed by atoms with Crippen LogP contribution in [0.5, 0.6) is 0 Å². The summed E-state index contributed by atoms with van der Waals surface area (Å²) >= 11 is 1.85. The van der Waals surface area contributed by atoms with E-state index in [2.05, 4.69) is 29.4 Å². The van der Waals surface area contributed by atoms with Gasteiger partial charge in [-0.3, -0.25) is 0 Å². The van der Waals surface area contributed by atoms with Crippen LogP contribution in [0.2, 0.25) is 0 Å². The molecule has 0 atom stereocenters. The molecule has 0 radical (unpaired) electrons. The van der Waals surface area contributed by atoms with E-state index in [9.17, 15) is 0 Å². The molecule has 102 valence electrons. The zero-order chi connectivity index (χ0) is 12.8. The maximum Gasteiger partial charge on any atom is 0.123 e. The maximum absolute atomic E-state index is 4.48. The molecule has 1 aliphatic carbocycles. The Morgan fingerprint density at radius 1 is 1.17 bits per heavy atom. The average Bonchev–Trinajstić information content (AvgIpc) is 3.04. The molecule has 3 nitrogen and oxygen atoms in total. The van der Waals surface area contributed by atoms with Crippen molar-refractivity contribution in [2.24, 2.45) is 0 Å². The Morgan fingerprint density at radius 2 is 1.94 bits per heavy atom. The molecule has 1 aromatic heterocycles. The van der Waals surface area contributed by atoms with Crippen molar-refractivity contribution in [3.05, 3.63) is 10.0 Å². The first-order valence-electron chi connectivity index (χ1n) is 7.34. The van der Waals surface area contributed by atoms with Crippen molar-refractivity contribution in [1.29, 1.82) is 0 Å². The third-order valence-electron chi connectivity index (χ3n) is 4.10. The smallest absolute Gasteiger partial charge is 0.123 e. The van der Waals surface area contributed by atoms with Gasteiger partial charge >= 0.3 is 0 Å². The Kier molecular flexibility index (Phi) is 5.13. The molecular weight excluding hydrogens is 242 g/mol. The quantitative estimate of drug-likeness (QED) is 0.770. The van der Waals surface area contributed by atoms with Crippen LogP contribution < -0.4 is 5.32 Å². The SMILES string of the molecule is CCCNCCc1nnc(C2(CC)CCCC2)s1. The Morgan fingerprint density at radius 3 is 2.61 bits per heavy atom. The van der Waals surface area contributed by atoms with Crippen LogP contribution in [-0.2, 0) is 11.8 Å². The maximum atomic E-state index is 4.48. The number of nitrogens with zero attached hydrogens (tertiary/aromatic N) is 2. The van der Waals surface area contributed by atoms with E-state index in [1.807, 2.05) is 11.3 Å². The summed E-state index contributed by atoms with van der Waals surface area (Å²) in [6.07, 6.45) is 8.79. The Labute approximate surface area is 114 Å². The number of hydrogen-bond acceptors (Lipinski definition) is 4. The minimum atomic E-state index is 0.368. The van der Waals surface area contributed by atoms with E-state index >= 15 is 0 Å². The highest BCUT2D eigenvalue weighted by atomic mass is 32.1. The largest absolute Gasteiger partial charge is 0.316 e. The van der Waals surface area contributed by atoms with E-state index in [1.165, 1.54) is 48.5 Å². The molecule has 0 aliphatic heterocycles. The molecule has 1 saturated carbocycles. The van der Waals surface area contributed by atoms with E-state index in [-0.39, 0.29) is 0 Å². The lowest BCUT2D eigenvalue weighted by Crippen LogP contribution is -2.20. The highest BCUT2D eigenvalue weighted by Crippen LogP contribution is 2.44. The van der Waals surface area contributed by atoms with Gasteiger partial charge in [-0.15, -0.1) is 21.5 Å². The fourth-order valence-corrected chi connectivity index (χ4v) is 3.99.